The summed E-state index contributed by atoms with van der Waals surface area (Å²) < 4.78 is 5.36. The zero-order valence-electron chi connectivity index (χ0n) is 9.63. The van der Waals surface area contributed by atoms with Crippen molar-refractivity contribution in [1.29, 1.82) is 0 Å². The SMILES string of the molecule is CC1=CC(C)(C)[CH]C1OC(=O)C(C)C. The number of carbonyl (C=O) groups excluding carboxylic acids is 1. The number of allylic oxidation sites excluding steroid dienone is 1. The summed E-state index contributed by atoms with van der Waals surface area (Å²) in [5.41, 5.74) is 1.18. The third-order valence-corrected chi connectivity index (χ3v) is 2.34. The molecule has 79 valence electrons. The van der Waals surface area contributed by atoms with Gasteiger partial charge < -0.3 is 4.74 Å². The van der Waals surface area contributed by atoms with E-state index in [9.17, 15) is 4.79 Å². The van der Waals surface area contributed by atoms with Crippen LogP contribution in [0.15, 0.2) is 11.6 Å². The number of rotatable bonds is 2. The molecular formula is C12H19O2. The minimum absolute atomic E-state index is 0.0476. The van der Waals surface area contributed by atoms with Crippen molar-refractivity contribution in [1.82, 2.24) is 0 Å². The first-order valence-electron chi connectivity index (χ1n) is 5.08. The molecule has 0 amide bonds. The maximum absolute atomic E-state index is 11.4. The summed E-state index contributed by atoms with van der Waals surface area (Å²) in [6, 6.07) is 0. The van der Waals surface area contributed by atoms with Gasteiger partial charge in [0.2, 0.25) is 0 Å². The third kappa shape index (κ3) is 2.60. The fourth-order valence-electron chi connectivity index (χ4n) is 1.63. The summed E-state index contributed by atoms with van der Waals surface area (Å²) in [4.78, 5) is 11.4. The molecule has 1 aliphatic carbocycles. The van der Waals surface area contributed by atoms with Crippen molar-refractivity contribution in [3.8, 4) is 0 Å². The van der Waals surface area contributed by atoms with Crippen molar-refractivity contribution in [3.05, 3.63) is 18.1 Å². The Morgan fingerprint density at radius 1 is 1.50 bits per heavy atom. The second-order valence-electron chi connectivity index (χ2n) is 4.89. The number of hydrogen-bond acceptors (Lipinski definition) is 2. The summed E-state index contributed by atoms with van der Waals surface area (Å²) in [5.74, 6) is -0.184. The first-order valence-corrected chi connectivity index (χ1v) is 5.08. The molecule has 0 heterocycles. The van der Waals surface area contributed by atoms with E-state index in [1.54, 1.807) is 0 Å². The molecule has 14 heavy (non-hydrogen) atoms. The number of hydrogen-bond donors (Lipinski definition) is 0. The maximum atomic E-state index is 11.4. The Morgan fingerprint density at radius 2 is 2.07 bits per heavy atom. The lowest BCUT2D eigenvalue weighted by Gasteiger charge is -2.19. The van der Waals surface area contributed by atoms with Gasteiger partial charge in [0.05, 0.1) is 5.92 Å². The maximum Gasteiger partial charge on any atom is 0.308 e. The molecule has 1 unspecified atom stereocenters. The molecule has 2 nitrogen and oxygen atoms in total. The van der Waals surface area contributed by atoms with E-state index in [0.717, 1.165) is 5.57 Å². The molecule has 0 aromatic rings. The minimum atomic E-state index is -0.128. The summed E-state index contributed by atoms with van der Waals surface area (Å²) in [6.45, 7) is 9.92. The van der Waals surface area contributed by atoms with E-state index in [2.05, 4.69) is 26.3 Å². The van der Waals surface area contributed by atoms with Crippen molar-refractivity contribution in [2.75, 3.05) is 0 Å². The Labute approximate surface area is 86.3 Å². The van der Waals surface area contributed by atoms with E-state index < -0.39 is 0 Å². The van der Waals surface area contributed by atoms with Crippen molar-refractivity contribution in [2.45, 2.75) is 40.7 Å². The standard InChI is InChI=1S/C12H19O2/c1-8(2)11(13)14-10-7-12(4,5)6-9(10)3/h6-8,10H,1-5H3. The van der Waals surface area contributed by atoms with Gasteiger partial charge in [-0.2, -0.15) is 0 Å². The van der Waals surface area contributed by atoms with E-state index >= 15 is 0 Å². The molecule has 1 atom stereocenters. The predicted molar refractivity (Wildman–Crippen MR) is 56.6 cm³/mol. The van der Waals surface area contributed by atoms with Crippen LogP contribution in [0.25, 0.3) is 0 Å². The highest BCUT2D eigenvalue weighted by Gasteiger charge is 2.32. The highest BCUT2D eigenvalue weighted by Crippen LogP contribution is 2.35. The predicted octanol–water partition coefficient (Wildman–Crippen LogP) is 2.74. The number of ether oxygens (including phenoxy) is 1. The smallest absolute Gasteiger partial charge is 0.308 e. The molecule has 0 aromatic carbocycles. The lowest BCUT2D eigenvalue weighted by molar-refractivity contribution is -0.149. The molecule has 0 fully saturated rings. The van der Waals surface area contributed by atoms with Crippen molar-refractivity contribution in [2.24, 2.45) is 11.3 Å². The molecule has 0 spiro atoms. The second-order valence-corrected chi connectivity index (χ2v) is 4.89. The molecule has 0 aromatic heterocycles. The molecular weight excluding hydrogens is 176 g/mol. The monoisotopic (exact) mass is 195 g/mol. The van der Waals surface area contributed by atoms with Crippen molar-refractivity contribution < 1.29 is 9.53 Å². The van der Waals surface area contributed by atoms with Crippen LogP contribution < -0.4 is 0 Å². The van der Waals surface area contributed by atoms with E-state index in [1.165, 1.54) is 0 Å². The molecule has 0 bridgehead atoms. The van der Waals surface area contributed by atoms with Gasteiger partial charge in [0.1, 0.15) is 6.10 Å². The lowest BCUT2D eigenvalue weighted by atomic mass is 9.93. The highest BCUT2D eigenvalue weighted by atomic mass is 16.5. The van der Waals surface area contributed by atoms with Gasteiger partial charge in [0, 0.05) is 6.42 Å². The number of esters is 1. The van der Waals surface area contributed by atoms with E-state index in [4.69, 9.17) is 4.74 Å². The number of carbonyl (C=O) groups is 1. The first kappa shape index (κ1) is 11.3. The van der Waals surface area contributed by atoms with Gasteiger partial charge >= 0.3 is 5.97 Å². The van der Waals surface area contributed by atoms with Crippen LogP contribution in [0.5, 0.6) is 0 Å². The molecule has 2 heteroatoms. The van der Waals surface area contributed by atoms with Crippen LogP contribution in [0.1, 0.15) is 34.6 Å². The van der Waals surface area contributed by atoms with Crippen molar-refractivity contribution in [3.63, 3.8) is 0 Å². The zero-order valence-corrected chi connectivity index (χ0v) is 9.63. The Hall–Kier alpha value is -0.790. The quantitative estimate of drug-likeness (QED) is 0.500. The minimum Gasteiger partial charge on any atom is -0.457 e. The second kappa shape index (κ2) is 3.76. The summed E-state index contributed by atoms with van der Waals surface area (Å²) in [6.07, 6.45) is 4.09. The molecule has 0 saturated heterocycles. The molecule has 0 N–H and O–H groups in total. The molecule has 1 radical (unpaired) electrons. The lowest BCUT2D eigenvalue weighted by Crippen LogP contribution is -2.23. The van der Waals surface area contributed by atoms with E-state index in [0.29, 0.717) is 0 Å². The average Bonchev–Trinajstić information content (AvgIpc) is 2.24. The topological polar surface area (TPSA) is 26.3 Å². The van der Waals surface area contributed by atoms with Crippen LogP contribution in [0.3, 0.4) is 0 Å². The van der Waals surface area contributed by atoms with E-state index in [1.807, 2.05) is 20.8 Å². The van der Waals surface area contributed by atoms with Gasteiger partial charge in [0.15, 0.2) is 0 Å². The largest absolute Gasteiger partial charge is 0.457 e. The van der Waals surface area contributed by atoms with Gasteiger partial charge in [0.25, 0.3) is 0 Å². The van der Waals surface area contributed by atoms with Crippen LogP contribution in [-0.4, -0.2) is 12.1 Å². The van der Waals surface area contributed by atoms with Crippen LogP contribution >= 0.6 is 0 Å². The van der Waals surface area contributed by atoms with Gasteiger partial charge in [-0.05, 0) is 17.9 Å². The third-order valence-electron chi connectivity index (χ3n) is 2.34. The van der Waals surface area contributed by atoms with Crippen LogP contribution in [0, 0.1) is 17.8 Å². The first-order chi connectivity index (χ1) is 6.32. The summed E-state index contributed by atoms with van der Waals surface area (Å²) in [5, 5.41) is 0. The fraction of sp³-hybridized carbons (Fsp3) is 0.667. The van der Waals surface area contributed by atoms with E-state index in [-0.39, 0.29) is 23.4 Å². The fourth-order valence-corrected chi connectivity index (χ4v) is 1.63. The van der Waals surface area contributed by atoms with Gasteiger partial charge in [-0.15, -0.1) is 0 Å². The van der Waals surface area contributed by atoms with Gasteiger partial charge in [-0.1, -0.05) is 33.8 Å². The molecule has 1 rings (SSSR count). The molecule has 0 saturated carbocycles. The Bertz CT molecular complexity index is 261. The molecule has 1 aliphatic rings. The Morgan fingerprint density at radius 3 is 2.43 bits per heavy atom. The highest BCUT2D eigenvalue weighted by molar-refractivity contribution is 5.72. The van der Waals surface area contributed by atoms with Crippen LogP contribution in [-0.2, 0) is 9.53 Å². The van der Waals surface area contributed by atoms with Gasteiger partial charge in [-0.25, -0.2) is 0 Å². The summed E-state index contributed by atoms with van der Waals surface area (Å²) >= 11 is 0. The normalized spacial score (nSPS) is 25.0. The summed E-state index contributed by atoms with van der Waals surface area (Å²) in [7, 11) is 0. The Kier molecular flexibility index (Phi) is 3.03. The van der Waals surface area contributed by atoms with Crippen LogP contribution in [0.4, 0.5) is 0 Å². The van der Waals surface area contributed by atoms with Crippen molar-refractivity contribution >= 4 is 5.97 Å². The van der Waals surface area contributed by atoms with Gasteiger partial charge in [-0.3, -0.25) is 4.79 Å². The zero-order chi connectivity index (χ0) is 10.9. The average molecular weight is 195 g/mol. The van der Waals surface area contributed by atoms with Crippen LogP contribution in [0.2, 0.25) is 0 Å². The molecule has 0 aliphatic heterocycles. The Balaban J connectivity index is 2.58.